The van der Waals surface area contributed by atoms with Gasteiger partial charge in [-0.2, -0.15) is 0 Å². The highest BCUT2D eigenvalue weighted by atomic mass is 15.2. The smallest absolute Gasteiger partial charge is 0.131 e. The lowest BCUT2D eigenvalue weighted by molar-refractivity contribution is 0.720. The molecule has 2 N–H and O–H groups in total. The third-order valence-corrected chi connectivity index (χ3v) is 4.25. The second-order valence-electron chi connectivity index (χ2n) is 5.89. The van der Waals surface area contributed by atoms with Gasteiger partial charge in [0.1, 0.15) is 17.3 Å². The van der Waals surface area contributed by atoms with E-state index in [1.165, 1.54) is 36.8 Å². The van der Waals surface area contributed by atoms with E-state index in [2.05, 4.69) is 35.8 Å². The van der Waals surface area contributed by atoms with Crippen LogP contribution in [-0.2, 0) is 0 Å². The van der Waals surface area contributed by atoms with Gasteiger partial charge in [0.25, 0.3) is 0 Å². The van der Waals surface area contributed by atoms with Gasteiger partial charge in [0, 0.05) is 11.6 Å². The number of anilines is 1. The molecule has 1 aromatic heterocycles. The van der Waals surface area contributed by atoms with Crippen molar-refractivity contribution >= 4 is 5.82 Å². The molecule has 2 aliphatic rings. The van der Waals surface area contributed by atoms with Crippen LogP contribution in [0.25, 0.3) is 11.3 Å². The minimum atomic E-state index is 0.591. The summed E-state index contributed by atoms with van der Waals surface area (Å²) in [5, 5.41) is 0. The molecule has 98 valence electrons. The van der Waals surface area contributed by atoms with Crippen molar-refractivity contribution in [1.29, 1.82) is 0 Å². The minimum Gasteiger partial charge on any atom is -0.383 e. The Hall–Kier alpha value is -1.77. The molecule has 0 bridgehead atoms. The Bertz CT molecular complexity index is 633. The summed E-state index contributed by atoms with van der Waals surface area (Å²) >= 11 is 0. The molecule has 0 atom stereocenters. The summed E-state index contributed by atoms with van der Waals surface area (Å²) in [6.07, 6.45) is 5.13. The molecule has 1 aromatic carbocycles. The van der Waals surface area contributed by atoms with Crippen molar-refractivity contribution in [1.82, 2.24) is 9.55 Å². The lowest BCUT2D eigenvalue weighted by atomic mass is 10.1. The maximum Gasteiger partial charge on any atom is 0.131 e. The highest BCUT2D eigenvalue weighted by Crippen LogP contribution is 2.43. The molecule has 19 heavy (non-hydrogen) atoms. The molecule has 0 amide bonds. The molecule has 0 saturated heterocycles. The van der Waals surface area contributed by atoms with Gasteiger partial charge >= 0.3 is 0 Å². The molecule has 2 aliphatic carbocycles. The zero-order valence-electron chi connectivity index (χ0n) is 11.3. The van der Waals surface area contributed by atoms with Crippen molar-refractivity contribution in [2.24, 2.45) is 0 Å². The van der Waals surface area contributed by atoms with Crippen molar-refractivity contribution in [3.05, 3.63) is 35.7 Å². The average molecular weight is 253 g/mol. The topological polar surface area (TPSA) is 43.8 Å². The molecular weight excluding hydrogens is 234 g/mol. The van der Waals surface area contributed by atoms with Crippen LogP contribution in [0.1, 0.15) is 49.0 Å². The molecule has 0 radical (unpaired) electrons. The summed E-state index contributed by atoms with van der Waals surface area (Å²) < 4.78 is 2.21. The molecule has 2 aromatic rings. The number of aromatic nitrogens is 2. The number of hydrogen-bond acceptors (Lipinski definition) is 2. The largest absolute Gasteiger partial charge is 0.383 e. The van der Waals surface area contributed by atoms with Gasteiger partial charge < -0.3 is 10.3 Å². The predicted molar refractivity (Wildman–Crippen MR) is 77.1 cm³/mol. The molecule has 0 unspecified atom stereocenters. The molecule has 2 saturated carbocycles. The Morgan fingerprint density at radius 1 is 1.21 bits per heavy atom. The molecule has 1 heterocycles. The number of imidazole rings is 1. The highest BCUT2D eigenvalue weighted by Gasteiger charge is 2.29. The number of nitrogen functional groups attached to an aromatic ring is 1. The van der Waals surface area contributed by atoms with Gasteiger partial charge in [-0.25, -0.2) is 4.98 Å². The van der Waals surface area contributed by atoms with E-state index in [4.69, 9.17) is 10.7 Å². The van der Waals surface area contributed by atoms with Crippen molar-refractivity contribution in [2.45, 2.75) is 44.6 Å². The second-order valence-corrected chi connectivity index (χ2v) is 5.89. The van der Waals surface area contributed by atoms with Gasteiger partial charge in [-0.1, -0.05) is 18.2 Å². The average Bonchev–Trinajstić information content (AvgIpc) is 3.29. The van der Waals surface area contributed by atoms with Crippen molar-refractivity contribution in [3.63, 3.8) is 0 Å². The summed E-state index contributed by atoms with van der Waals surface area (Å²) in [5.41, 5.74) is 9.90. The fraction of sp³-hybridized carbons (Fsp3) is 0.438. The summed E-state index contributed by atoms with van der Waals surface area (Å²) in [5.74, 6) is 2.66. The Balaban J connectivity index is 1.79. The van der Waals surface area contributed by atoms with E-state index in [0.29, 0.717) is 6.04 Å². The van der Waals surface area contributed by atoms with E-state index in [0.717, 1.165) is 23.3 Å². The van der Waals surface area contributed by atoms with Gasteiger partial charge in [0.15, 0.2) is 0 Å². The van der Waals surface area contributed by atoms with Gasteiger partial charge in [-0.15, -0.1) is 0 Å². The van der Waals surface area contributed by atoms with Crippen LogP contribution in [0.4, 0.5) is 5.82 Å². The third kappa shape index (κ3) is 1.84. The SMILES string of the molecule is Cc1nc(-c2cccc(C3CC3)c2)c(N)n1C1CC1. The van der Waals surface area contributed by atoms with Crippen LogP contribution in [0.15, 0.2) is 24.3 Å². The van der Waals surface area contributed by atoms with Crippen LogP contribution >= 0.6 is 0 Å². The maximum atomic E-state index is 6.32. The second kappa shape index (κ2) is 3.86. The Morgan fingerprint density at radius 2 is 2.00 bits per heavy atom. The van der Waals surface area contributed by atoms with Crippen LogP contribution in [0.5, 0.6) is 0 Å². The number of aryl methyl sites for hydroxylation is 1. The fourth-order valence-electron chi connectivity index (χ4n) is 2.92. The molecule has 3 heteroatoms. The van der Waals surface area contributed by atoms with E-state index >= 15 is 0 Å². The van der Waals surface area contributed by atoms with Crippen LogP contribution in [0.2, 0.25) is 0 Å². The first kappa shape index (κ1) is 11.1. The molecule has 4 rings (SSSR count). The first-order chi connectivity index (χ1) is 9.24. The van der Waals surface area contributed by atoms with Gasteiger partial charge in [-0.3, -0.25) is 0 Å². The van der Waals surface area contributed by atoms with Crippen LogP contribution < -0.4 is 5.73 Å². The van der Waals surface area contributed by atoms with Crippen LogP contribution in [0, 0.1) is 6.92 Å². The summed E-state index contributed by atoms with van der Waals surface area (Å²) in [6, 6.07) is 9.34. The maximum absolute atomic E-state index is 6.32. The van der Waals surface area contributed by atoms with Crippen molar-refractivity contribution in [3.8, 4) is 11.3 Å². The zero-order valence-corrected chi connectivity index (χ0v) is 11.3. The molecule has 2 fully saturated rings. The number of nitrogens with zero attached hydrogens (tertiary/aromatic N) is 2. The number of rotatable bonds is 3. The Kier molecular flexibility index (Phi) is 2.25. The minimum absolute atomic E-state index is 0.591. The predicted octanol–water partition coefficient (Wildman–Crippen LogP) is 3.65. The van der Waals surface area contributed by atoms with Crippen LogP contribution in [-0.4, -0.2) is 9.55 Å². The normalized spacial score (nSPS) is 18.8. The molecule has 3 nitrogen and oxygen atoms in total. The Labute approximate surface area is 113 Å². The standard InChI is InChI=1S/C16H19N3/c1-10-18-15(16(17)19(10)14-7-8-14)13-4-2-3-12(9-13)11-5-6-11/h2-4,9,11,14H,5-8,17H2,1H3. The summed E-state index contributed by atoms with van der Waals surface area (Å²) in [7, 11) is 0. The molecule has 0 aliphatic heterocycles. The van der Waals surface area contributed by atoms with E-state index in [1.807, 2.05) is 0 Å². The first-order valence-electron chi connectivity index (χ1n) is 7.18. The van der Waals surface area contributed by atoms with E-state index in [9.17, 15) is 0 Å². The number of nitrogens with two attached hydrogens (primary N) is 1. The van der Waals surface area contributed by atoms with Gasteiger partial charge in [-0.05, 0) is 50.2 Å². The number of benzene rings is 1. The lowest BCUT2D eigenvalue weighted by Gasteiger charge is -2.06. The van der Waals surface area contributed by atoms with E-state index in [-0.39, 0.29) is 0 Å². The van der Waals surface area contributed by atoms with Crippen molar-refractivity contribution < 1.29 is 0 Å². The monoisotopic (exact) mass is 253 g/mol. The number of hydrogen-bond donors (Lipinski definition) is 1. The van der Waals surface area contributed by atoms with E-state index in [1.54, 1.807) is 0 Å². The van der Waals surface area contributed by atoms with Crippen LogP contribution in [0.3, 0.4) is 0 Å². The highest BCUT2D eigenvalue weighted by molar-refractivity contribution is 5.72. The molecular formula is C16H19N3. The quantitative estimate of drug-likeness (QED) is 0.907. The third-order valence-electron chi connectivity index (χ3n) is 4.25. The first-order valence-corrected chi connectivity index (χ1v) is 7.18. The summed E-state index contributed by atoms with van der Waals surface area (Å²) in [6.45, 7) is 2.06. The zero-order chi connectivity index (χ0) is 13.0. The van der Waals surface area contributed by atoms with E-state index < -0.39 is 0 Å². The summed E-state index contributed by atoms with van der Waals surface area (Å²) in [4.78, 5) is 4.70. The molecule has 0 spiro atoms. The van der Waals surface area contributed by atoms with Gasteiger partial charge in [0.05, 0.1) is 0 Å². The fourth-order valence-corrected chi connectivity index (χ4v) is 2.92. The Morgan fingerprint density at radius 3 is 2.68 bits per heavy atom. The lowest BCUT2D eigenvalue weighted by Crippen LogP contribution is -2.02. The van der Waals surface area contributed by atoms with Crippen molar-refractivity contribution in [2.75, 3.05) is 5.73 Å². The van der Waals surface area contributed by atoms with Gasteiger partial charge in [0.2, 0.25) is 0 Å².